The Morgan fingerprint density at radius 2 is 1.68 bits per heavy atom. The van der Waals surface area contributed by atoms with E-state index >= 15 is 0 Å². The molecule has 0 atom stereocenters. The molecular formula is C17H22N3O4P. The zero-order chi connectivity index (χ0) is 18.1. The number of amides is 1. The maximum Gasteiger partial charge on any atom is 0.332 e. The Morgan fingerprint density at radius 3 is 2.24 bits per heavy atom. The number of hydrogen-bond acceptors (Lipinski definition) is 6. The summed E-state index contributed by atoms with van der Waals surface area (Å²) in [5.41, 5.74) is 1.21. The van der Waals surface area contributed by atoms with Crippen LogP contribution in [-0.2, 0) is 13.6 Å². The molecule has 0 aliphatic carbocycles. The Morgan fingerprint density at radius 1 is 1.08 bits per heavy atom. The molecule has 2 aromatic rings. The Bertz CT molecular complexity index is 712. The Hall–Kier alpha value is -2.08. The van der Waals surface area contributed by atoms with E-state index in [1.807, 2.05) is 30.3 Å². The summed E-state index contributed by atoms with van der Waals surface area (Å²) < 4.78 is 22.7. The molecule has 1 amide bonds. The minimum absolute atomic E-state index is 0.114. The van der Waals surface area contributed by atoms with Gasteiger partial charge in [0.2, 0.25) is 0 Å². The second-order valence-corrected chi connectivity index (χ2v) is 7.27. The smallest absolute Gasteiger partial charge is 0.332 e. The first-order valence-electron chi connectivity index (χ1n) is 8.11. The van der Waals surface area contributed by atoms with Gasteiger partial charge in [0, 0.05) is 24.5 Å². The average Bonchev–Trinajstić information content (AvgIpc) is 2.63. The highest BCUT2D eigenvalue weighted by Crippen LogP contribution is 2.47. The third-order valence-corrected chi connectivity index (χ3v) is 5.34. The first-order chi connectivity index (χ1) is 12.1. The number of nitrogens with zero attached hydrogens (tertiary/aromatic N) is 2. The van der Waals surface area contributed by atoms with Crippen LogP contribution in [0.2, 0.25) is 0 Å². The summed E-state index contributed by atoms with van der Waals surface area (Å²) in [6.45, 7) is 4.25. The maximum atomic E-state index is 12.3. The van der Waals surface area contributed by atoms with Crippen molar-refractivity contribution in [1.82, 2.24) is 15.3 Å². The van der Waals surface area contributed by atoms with Crippen molar-refractivity contribution >= 4 is 13.5 Å². The van der Waals surface area contributed by atoms with Crippen LogP contribution in [0.15, 0.2) is 42.7 Å². The molecule has 1 heterocycles. The molecule has 0 radical (unpaired) electrons. The van der Waals surface area contributed by atoms with Gasteiger partial charge in [0.15, 0.2) is 5.82 Å². The van der Waals surface area contributed by atoms with Crippen molar-refractivity contribution in [1.29, 1.82) is 0 Å². The van der Waals surface area contributed by atoms with Gasteiger partial charge in [0.05, 0.1) is 24.9 Å². The standard InChI is InChI=1S/C17H22N3O4P/c1-3-23-25(22,24-4-2)11-10-18-17(21)15-12-19-16(20-13-15)14-8-6-5-7-9-14/h5-9,12-13H,3-4,10-11H2,1-2H3,(H,18,21). The number of hydrogen-bond donors (Lipinski definition) is 1. The van der Waals surface area contributed by atoms with Crippen molar-refractivity contribution in [3.8, 4) is 11.4 Å². The Labute approximate surface area is 147 Å². The van der Waals surface area contributed by atoms with Gasteiger partial charge < -0.3 is 14.4 Å². The molecule has 0 bridgehead atoms. The molecule has 7 nitrogen and oxygen atoms in total. The molecule has 0 aliphatic rings. The first kappa shape index (κ1) is 19.2. The van der Waals surface area contributed by atoms with E-state index in [-0.39, 0.29) is 18.6 Å². The fraction of sp³-hybridized carbons (Fsp3) is 0.353. The summed E-state index contributed by atoms with van der Waals surface area (Å²) in [4.78, 5) is 20.6. The van der Waals surface area contributed by atoms with Crippen molar-refractivity contribution in [2.45, 2.75) is 13.8 Å². The van der Waals surface area contributed by atoms with Crippen LogP contribution in [0.25, 0.3) is 11.4 Å². The van der Waals surface area contributed by atoms with Gasteiger partial charge in [-0.3, -0.25) is 9.36 Å². The number of rotatable bonds is 9. The van der Waals surface area contributed by atoms with Crippen molar-refractivity contribution in [2.24, 2.45) is 0 Å². The van der Waals surface area contributed by atoms with Crippen LogP contribution >= 0.6 is 7.60 Å². The number of carbonyl (C=O) groups is 1. The normalized spacial score (nSPS) is 11.3. The van der Waals surface area contributed by atoms with Gasteiger partial charge in [-0.2, -0.15) is 0 Å². The third kappa shape index (κ3) is 5.74. The molecular weight excluding hydrogens is 341 g/mol. The van der Waals surface area contributed by atoms with Crippen LogP contribution in [0.4, 0.5) is 0 Å². The molecule has 0 aliphatic heterocycles. The topological polar surface area (TPSA) is 90.4 Å². The summed E-state index contributed by atoms with van der Waals surface area (Å²) >= 11 is 0. The van der Waals surface area contributed by atoms with Crippen molar-refractivity contribution in [2.75, 3.05) is 25.9 Å². The van der Waals surface area contributed by atoms with E-state index in [0.717, 1.165) is 5.56 Å². The number of aromatic nitrogens is 2. The summed E-state index contributed by atoms with van der Waals surface area (Å²) in [5, 5.41) is 2.68. The van der Waals surface area contributed by atoms with E-state index in [1.54, 1.807) is 13.8 Å². The number of carbonyl (C=O) groups excluding carboxylic acids is 1. The first-order valence-corrected chi connectivity index (χ1v) is 9.84. The number of benzene rings is 1. The highest BCUT2D eigenvalue weighted by molar-refractivity contribution is 7.53. The van der Waals surface area contributed by atoms with Gasteiger partial charge in [-0.05, 0) is 13.8 Å². The van der Waals surface area contributed by atoms with Gasteiger partial charge in [-0.25, -0.2) is 9.97 Å². The molecule has 25 heavy (non-hydrogen) atoms. The fourth-order valence-corrected chi connectivity index (χ4v) is 3.65. The maximum absolute atomic E-state index is 12.3. The molecule has 1 aromatic carbocycles. The molecule has 0 spiro atoms. The minimum Gasteiger partial charge on any atom is -0.351 e. The third-order valence-electron chi connectivity index (χ3n) is 3.27. The quantitative estimate of drug-likeness (QED) is 0.689. The molecule has 0 fully saturated rings. The van der Waals surface area contributed by atoms with E-state index in [4.69, 9.17) is 9.05 Å². The van der Waals surface area contributed by atoms with E-state index in [0.29, 0.717) is 24.6 Å². The summed E-state index contributed by atoms with van der Waals surface area (Å²) in [7, 11) is -3.16. The van der Waals surface area contributed by atoms with Crippen LogP contribution in [-0.4, -0.2) is 41.8 Å². The van der Waals surface area contributed by atoms with E-state index in [2.05, 4.69) is 15.3 Å². The van der Waals surface area contributed by atoms with E-state index < -0.39 is 7.60 Å². The molecule has 2 rings (SSSR count). The molecule has 0 saturated heterocycles. The van der Waals surface area contributed by atoms with Crippen LogP contribution in [0, 0.1) is 0 Å². The van der Waals surface area contributed by atoms with Crippen LogP contribution in [0.3, 0.4) is 0 Å². The zero-order valence-corrected chi connectivity index (χ0v) is 15.2. The highest BCUT2D eigenvalue weighted by atomic mass is 31.2. The average molecular weight is 363 g/mol. The Kier molecular flexibility index (Phi) is 7.25. The lowest BCUT2D eigenvalue weighted by Crippen LogP contribution is -2.27. The van der Waals surface area contributed by atoms with Crippen molar-refractivity contribution < 1.29 is 18.4 Å². The van der Waals surface area contributed by atoms with Crippen molar-refractivity contribution in [3.63, 3.8) is 0 Å². The number of nitrogens with one attached hydrogen (secondary N) is 1. The van der Waals surface area contributed by atoms with E-state index in [1.165, 1.54) is 12.4 Å². The zero-order valence-electron chi connectivity index (χ0n) is 14.3. The van der Waals surface area contributed by atoms with Gasteiger partial charge in [0.1, 0.15) is 0 Å². The summed E-state index contributed by atoms with van der Waals surface area (Å²) in [6.07, 6.45) is 3.05. The molecule has 1 aromatic heterocycles. The monoisotopic (exact) mass is 363 g/mol. The molecule has 8 heteroatoms. The minimum atomic E-state index is -3.16. The lowest BCUT2D eigenvalue weighted by atomic mass is 10.2. The lowest BCUT2D eigenvalue weighted by Gasteiger charge is -2.17. The predicted octanol–water partition coefficient (Wildman–Crippen LogP) is 3.14. The van der Waals surface area contributed by atoms with Crippen LogP contribution in [0.1, 0.15) is 24.2 Å². The fourth-order valence-electron chi connectivity index (χ4n) is 2.15. The predicted molar refractivity (Wildman–Crippen MR) is 95.5 cm³/mol. The highest BCUT2D eigenvalue weighted by Gasteiger charge is 2.23. The molecule has 134 valence electrons. The van der Waals surface area contributed by atoms with Gasteiger partial charge >= 0.3 is 7.60 Å². The van der Waals surface area contributed by atoms with Gasteiger partial charge in [-0.1, -0.05) is 30.3 Å². The van der Waals surface area contributed by atoms with Crippen molar-refractivity contribution in [3.05, 3.63) is 48.3 Å². The second kappa shape index (κ2) is 9.42. The van der Waals surface area contributed by atoms with Gasteiger partial charge in [0.25, 0.3) is 5.91 Å². The van der Waals surface area contributed by atoms with Gasteiger partial charge in [-0.15, -0.1) is 0 Å². The molecule has 1 N–H and O–H groups in total. The SMILES string of the molecule is CCOP(=O)(CCNC(=O)c1cnc(-c2ccccc2)nc1)OCC. The second-order valence-electron chi connectivity index (χ2n) is 5.09. The van der Waals surface area contributed by atoms with Crippen LogP contribution < -0.4 is 5.32 Å². The van der Waals surface area contributed by atoms with E-state index in [9.17, 15) is 9.36 Å². The Balaban J connectivity index is 1.92. The summed E-state index contributed by atoms with van der Waals surface area (Å²) in [5.74, 6) is 0.216. The largest absolute Gasteiger partial charge is 0.351 e. The van der Waals surface area contributed by atoms with Crippen LogP contribution in [0.5, 0.6) is 0 Å². The summed E-state index contributed by atoms with van der Waals surface area (Å²) in [6, 6.07) is 9.50. The molecule has 0 unspecified atom stereocenters. The molecule has 0 saturated carbocycles. The lowest BCUT2D eigenvalue weighted by molar-refractivity contribution is 0.0955.